The molecular formula is C25H25N3O2. The molecular weight excluding hydrogens is 374 g/mol. The summed E-state index contributed by atoms with van der Waals surface area (Å²) in [6, 6.07) is 17.9. The van der Waals surface area contributed by atoms with Crippen LogP contribution in [0.1, 0.15) is 22.3 Å². The molecule has 0 radical (unpaired) electrons. The highest BCUT2D eigenvalue weighted by Crippen LogP contribution is 2.16. The van der Waals surface area contributed by atoms with Crippen molar-refractivity contribution >= 4 is 22.5 Å². The normalized spacial score (nSPS) is 11.0. The maximum absolute atomic E-state index is 13.1. The van der Waals surface area contributed by atoms with E-state index < -0.39 is 0 Å². The molecule has 0 unspecified atom stereocenters. The minimum absolute atomic E-state index is 0.0304. The molecule has 0 fully saturated rings. The molecule has 152 valence electrons. The van der Waals surface area contributed by atoms with Crippen molar-refractivity contribution in [1.82, 2.24) is 9.13 Å². The Kier molecular flexibility index (Phi) is 5.27. The highest BCUT2D eigenvalue weighted by Gasteiger charge is 2.12. The van der Waals surface area contributed by atoms with Crippen LogP contribution in [0.5, 0.6) is 0 Å². The first kappa shape index (κ1) is 19.7. The molecule has 4 aromatic rings. The van der Waals surface area contributed by atoms with Gasteiger partial charge < -0.3 is 14.5 Å². The van der Waals surface area contributed by atoms with E-state index in [1.54, 1.807) is 6.20 Å². The van der Waals surface area contributed by atoms with E-state index in [1.807, 2.05) is 61.0 Å². The summed E-state index contributed by atoms with van der Waals surface area (Å²) < 4.78 is 3.42. The zero-order chi connectivity index (χ0) is 21.3. The van der Waals surface area contributed by atoms with E-state index in [2.05, 4.69) is 30.4 Å². The van der Waals surface area contributed by atoms with Crippen molar-refractivity contribution in [3.05, 3.63) is 99.6 Å². The minimum atomic E-state index is -0.224. The minimum Gasteiger partial charge on any atom is -0.339 e. The predicted molar refractivity (Wildman–Crippen MR) is 121 cm³/mol. The number of amides is 1. The van der Waals surface area contributed by atoms with Crippen LogP contribution in [0, 0.1) is 20.8 Å². The van der Waals surface area contributed by atoms with Gasteiger partial charge in [0.1, 0.15) is 12.1 Å². The molecule has 2 aromatic heterocycles. The number of hydrogen-bond acceptors (Lipinski definition) is 2. The second-order valence-electron chi connectivity index (χ2n) is 7.85. The van der Waals surface area contributed by atoms with Gasteiger partial charge in [0.15, 0.2) is 0 Å². The first-order chi connectivity index (χ1) is 14.4. The van der Waals surface area contributed by atoms with Crippen LogP contribution in [0.3, 0.4) is 0 Å². The first-order valence-electron chi connectivity index (χ1n) is 10.0. The van der Waals surface area contributed by atoms with E-state index in [9.17, 15) is 9.59 Å². The Labute approximate surface area is 175 Å². The number of carbonyl (C=O) groups is 1. The number of carbonyl (C=O) groups excluding carboxylic acids is 1. The number of pyridine rings is 1. The van der Waals surface area contributed by atoms with E-state index in [-0.39, 0.29) is 18.0 Å². The topological polar surface area (TPSA) is 56.0 Å². The summed E-state index contributed by atoms with van der Waals surface area (Å²) in [5.41, 5.74) is 5.70. The summed E-state index contributed by atoms with van der Waals surface area (Å²) in [7, 11) is 0. The summed E-state index contributed by atoms with van der Waals surface area (Å²) in [5, 5.41) is 3.77. The third kappa shape index (κ3) is 4.06. The van der Waals surface area contributed by atoms with Gasteiger partial charge in [0.25, 0.3) is 5.56 Å². The highest BCUT2D eigenvalue weighted by molar-refractivity contribution is 5.91. The van der Waals surface area contributed by atoms with Crippen molar-refractivity contribution in [2.45, 2.75) is 33.9 Å². The van der Waals surface area contributed by atoms with Crippen molar-refractivity contribution < 1.29 is 4.79 Å². The number of aromatic nitrogens is 2. The zero-order valence-corrected chi connectivity index (χ0v) is 17.5. The van der Waals surface area contributed by atoms with Gasteiger partial charge in [0.05, 0.1) is 0 Å². The molecule has 0 aliphatic heterocycles. The summed E-state index contributed by atoms with van der Waals surface area (Å²) >= 11 is 0. The molecule has 2 heterocycles. The van der Waals surface area contributed by atoms with Gasteiger partial charge in [-0.3, -0.25) is 9.59 Å². The van der Waals surface area contributed by atoms with Crippen LogP contribution in [0.2, 0.25) is 0 Å². The summed E-state index contributed by atoms with van der Waals surface area (Å²) in [4.78, 5) is 25.7. The number of aryl methyl sites for hydroxylation is 3. The Bertz CT molecular complexity index is 1280. The maximum atomic E-state index is 13.1. The molecule has 1 N–H and O–H groups in total. The maximum Gasteiger partial charge on any atom is 0.275 e. The Morgan fingerprint density at radius 2 is 1.57 bits per heavy atom. The molecule has 1 amide bonds. The lowest BCUT2D eigenvalue weighted by atomic mass is 10.1. The SMILES string of the molecule is Cc1cc(C)cc(NC(=O)Cn2ccc3ccn(Cc4ccccc4C)c3c2=O)c1. The molecule has 5 heteroatoms. The smallest absolute Gasteiger partial charge is 0.275 e. The third-order valence-corrected chi connectivity index (χ3v) is 5.31. The lowest BCUT2D eigenvalue weighted by Gasteiger charge is -2.11. The Balaban J connectivity index is 1.60. The predicted octanol–water partition coefficient (Wildman–Crippen LogP) is 4.42. The van der Waals surface area contributed by atoms with Crippen molar-refractivity contribution in [2.24, 2.45) is 0 Å². The van der Waals surface area contributed by atoms with Crippen molar-refractivity contribution in [3.8, 4) is 0 Å². The largest absolute Gasteiger partial charge is 0.339 e. The van der Waals surface area contributed by atoms with Gasteiger partial charge in [-0.1, -0.05) is 30.3 Å². The number of benzene rings is 2. The van der Waals surface area contributed by atoms with E-state index in [0.717, 1.165) is 27.8 Å². The number of anilines is 1. The van der Waals surface area contributed by atoms with Crippen LogP contribution in [0.15, 0.2) is 71.8 Å². The summed E-state index contributed by atoms with van der Waals surface area (Å²) in [6.45, 7) is 6.63. The molecule has 0 saturated heterocycles. The van der Waals surface area contributed by atoms with Gasteiger partial charge >= 0.3 is 0 Å². The van der Waals surface area contributed by atoms with Gasteiger partial charge in [0.2, 0.25) is 5.91 Å². The number of fused-ring (bicyclic) bond motifs is 1. The summed E-state index contributed by atoms with van der Waals surface area (Å²) in [6.07, 6.45) is 3.61. The van der Waals surface area contributed by atoms with E-state index in [0.29, 0.717) is 12.1 Å². The van der Waals surface area contributed by atoms with Crippen LogP contribution in [0.4, 0.5) is 5.69 Å². The first-order valence-corrected chi connectivity index (χ1v) is 10.0. The second-order valence-corrected chi connectivity index (χ2v) is 7.85. The molecule has 30 heavy (non-hydrogen) atoms. The molecule has 0 aliphatic carbocycles. The molecule has 0 atom stereocenters. The Morgan fingerprint density at radius 1 is 0.900 bits per heavy atom. The Hall–Kier alpha value is -3.60. The molecule has 0 saturated carbocycles. The number of nitrogens with one attached hydrogen (secondary N) is 1. The average Bonchev–Trinajstić information content (AvgIpc) is 3.08. The van der Waals surface area contributed by atoms with Gasteiger partial charge in [0, 0.05) is 30.0 Å². The fraction of sp³-hybridized carbons (Fsp3) is 0.200. The van der Waals surface area contributed by atoms with Crippen LogP contribution in [-0.2, 0) is 17.9 Å². The average molecular weight is 399 g/mol. The van der Waals surface area contributed by atoms with Crippen LogP contribution < -0.4 is 10.9 Å². The molecule has 5 nitrogen and oxygen atoms in total. The zero-order valence-electron chi connectivity index (χ0n) is 17.5. The monoisotopic (exact) mass is 399 g/mol. The standard InChI is InChI=1S/C25H25N3O2/c1-17-12-18(2)14-22(13-17)26-23(29)16-28-11-9-20-8-10-27(24(20)25(28)30)15-21-7-5-4-6-19(21)3/h4-14H,15-16H2,1-3H3,(H,26,29). The Morgan fingerprint density at radius 3 is 2.27 bits per heavy atom. The van der Waals surface area contributed by atoms with E-state index >= 15 is 0 Å². The molecule has 2 aromatic carbocycles. The lowest BCUT2D eigenvalue weighted by molar-refractivity contribution is -0.116. The van der Waals surface area contributed by atoms with Crippen LogP contribution >= 0.6 is 0 Å². The highest BCUT2D eigenvalue weighted by atomic mass is 16.2. The van der Waals surface area contributed by atoms with E-state index in [4.69, 9.17) is 0 Å². The molecule has 0 aliphatic rings. The fourth-order valence-electron chi connectivity index (χ4n) is 3.87. The van der Waals surface area contributed by atoms with Crippen LogP contribution in [0.25, 0.3) is 10.9 Å². The van der Waals surface area contributed by atoms with Gasteiger partial charge in [-0.2, -0.15) is 0 Å². The summed E-state index contributed by atoms with van der Waals surface area (Å²) in [5.74, 6) is -0.224. The quantitative estimate of drug-likeness (QED) is 0.540. The fourth-order valence-corrected chi connectivity index (χ4v) is 3.87. The molecule has 0 spiro atoms. The number of hydrogen-bond donors (Lipinski definition) is 1. The van der Waals surface area contributed by atoms with Crippen molar-refractivity contribution in [3.63, 3.8) is 0 Å². The van der Waals surface area contributed by atoms with Crippen molar-refractivity contribution in [1.29, 1.82) is 0 Å². The van der Waals surface area contributed by atoms with Crippen LogP contribution in [-0.4, -0.2) is 15.0 Å². The number of nitrogens with zero attached hydrogens (tertiary/aromatic N) is 2. The van der Waals surface area contributed by atoms with Gasteiger partial charge in [-0.25, -0.2) is 0 Å². The third-order valence-electron chi connectivity index (χ3n) is 5.31. The van der Waals surface area contributed by atoms with E-state index in [1.165, 1.54) is 10.1 Å². The van der Waals surface area contributed by atoms with Gasteiger partial charge in [-0.05, 0) is 67.3 Å². The van der Waals surface area contributed by atoms with Crippen molar-refractivity contribution in [2.75, 3.05) is 5.32 Å². The molecule has 4 rings (SSSR count). The second kappa shape index (κ2) is 8.03. The lowest BCUT2D eigenvalue weighted by Crippen LogP contribution is -2.28. The van der Waals surface area contributed by atoms with Gasteiger partial charge in [-0.15, -0.1) is 0 Å². The number of rotatable bonds is 5. The molecule has 0 bridgehead atoms.